The lowest BCUT2D eigenvalue weighted by atomic mass is 10.1. The van der Waals surface area contributed by atoms with Gasteiger partial charge < -0.3 is 15.7 Å². The van der Waals surface area contributed by atoms with Gasteiger partial charge in [0.1, 0.15) is 5.75 Å². The first kappa shape index (κ1) is 13.9. The number of hydrogen-bond acceptors (Lipinski definition) is 3. The number of phenolic OH excluding ortho intramolecular Hbond substituents is 1. The zero-order chi connectivity index (χ0) is 13.8. The second kappa shape index (κ2) is 6.08. The number of halogens is 1. The number of anilines is 2. The molecule has 2 aromatic carbocycles. The van der Waals surface area contributed by atoms with Crippen LogP contribution in [0.2, 0.25) is 0 Å². The molecule has 0 saturated heterocycles. The van der Waals surface area contributed by atoms with Gasteiger partial charge in [0, 0.05) is 40.6 Å². The molecule has 0 saturated carbocycles. The maximum absolute atomic E-state index is 9.62. The minimum Gasteiger partial charge on any atom is -0.508 e. The Hall–Kier alpha value is -1.52. The van der Waals surface area contributed by atoms with Gasteiger partial charge in [-0.1, -0.05) is 28.1 Å². The Morgan fingerprint density at radius 2 is 1.95 bits per heavy atom. The molecule has 2 rings (SSSR count). The first-order valence-electron chi connectivity index (χ1n) is 6.21. The third-order valence-corrected chi connectivity index (χ3v) is 3.79. The van der Waals surface area contributed by atoms with Gasteiger partial charge in [-0.05, 0) is 31.2 Å². The van der Waals surface area contributed by atoms with Crippen molar-refractivity contribution < 1.29 is 5.11 Å². The van der Waals surface area contributed by atoms with E-state index in [1.165, 1.54) is 0 Å². The van der Waals surface area contributed by atoms with E-state index in [2.05, 4.69) is 27.8 Å². The zero-order valence-corrected chi connectivity index (χ0v) is 12.4. The fourth-order valence-electron chi connectivity index (χ4n) is 2.16. The molecular formula is C15H17BrN2O. The summed E-state index contributed by atoms with van der Waals surface area (Å²) in [7, 11) is 0. The molecule has 0 aromatic heterocycles. The van der Waals surface area contributed by atoms with Gasteiger partial charge in [0.2, 0.25) is 0 Å². The number of nitrogens with two attached hydrogens (primary N) is 1. The van der Waals surface area contributed by atoms with Crippen LogP contribution >= 0.6 is 15.9 Å². The fraction of sp³-hybridized carbons (Fsp3) is 0.200. The number of nitrogens with zero attached hydrogens (tertiary/aromatic N) is 1. The van der Waals surface area contributed by atoms with Crippen LogP contribution in [-0.4, -0.2) is 11.7 Å². The summed E-state index contributed by atoms with van der Waals surface area (Å²) >= 11 is 3.54. The monoisotopic (exact) mass is 320 g/mol. The van der Waals surface area contributed by atoms with Crippen LogP contribution in [0.15, 0.2) is 46.9 Å². The highest BCUT2D eigenvalue weighted by atomic mass is 79.9. The first-order valence-corrected chi connectivity index (χ1v) is 7.00. The van der Waals surface area contributed by atoms with Crippen molar-refractivity contribution in [2.75, 3.05) is 11.4 Å². The average Bonchev–Trinajstić information content (AvgIpc) is 2.40. The predicted octanol–water partition coefficient (Wildman–Crippen LogP) is 3.77. The van der Waals surface area contributed by atoms with Gasteiger partial charge in [-0.25, -0.2) is 0 Å². The van der Waals surface area contributed by atoms with Gasteiger partial charge in [0.25, 0.3) is 0 Å². The molecule has 0 heterocycles. The molecule has 0 bridgehead atoms. The smallest absolute Gasteiger partial charge is 0.117 e. The van der Waals surface area contributed by atoms with Gasteiger partial charge >= 0.3 is 0 Å². The number of aromatic hydroxyl groups is 1. The van der Waals surface area contributed by atoms with E-state index in [1.807, 2.05) is 30.3 Å². The van der Waals surface area contributed by atoms with Gasteiger partial charge in [0.05, 0.1) is 0 Å². The topological polar surface area (TPSA) is 49.5 Å². The maximum atomic E-state index is 9.62. The molecule has 0 aliphatic carbocycles. The van der Waals surface area contributed by atoms with Crippen LogP contribution in [0, 0.1) is 0 Å². The molecule has 0 amide bonds. The Morgan fingerprint density at radius 1 is 1.21 bits per heavy atom. The summed E-state index contributed by atoms with van der Waals surface area (Å²) in [6.45, 7) is 3.34. The lowest BCUT2D eigenvalue weighted by Gasteiger charge is -2.26. The van der Waals surface area contributed by atoms with Gasteiger partial charge in [0.15, 0.2) is 0 Å². The van der Waals surface area contributed by atoms with E-state index in [-0.39, 0.29) is 5.75 Å². The molecule has 0 atom stereocenters. The standard InChI is InChI=1S/C15H17BrN2O/c1-2-18(11-5-3-6-12(19)9-11)15-8-4-7-14(16)13(15)10-17/h3-9,19H,2,10,17H2,1H3. The largest absolute Gasteiger partial charge is 0.508 e. The molecule has 0 aliphatic heterocycles. The SMILES string of the molecule is CCN(c1cccc(O)c1)c1cccc(Br)c1CN. The minimum absolute atomic E-state index is 0.264. The molecule has 2 aromatic rings. The van der Waals surface area contributed by atoms with E-state index in [1.54, 1.807) is 12.1 Å². The second-order valence-electron chi connectivity index (χ2n) is 4.21. The molecule has 0 unspecified atom stereocenters. The Kier molecular flexibility index (Phi) is 4.45. The highest BCUT2D eigenvalue weighted by Gasteiger charge is 2.13. The van der Waals surface area contributed by atoms with Crippen LogP contribution in [0.25, 0.3) is 0 Å². The van der Waals surface area contributed by atoms with Crippen LogP contribution in [0.1, 0.15) is 12.5 Å². The van der Waals surface area contributed by atoms with Gasteiger partial charge in [-0.2, -0.15) is 0 Å². The lowest BCUT2D eigenvalue weighted by molar-refractivity contribution is 0.475. The van der Waals surface area contributed by atoms with Crippen LogP contribution in [0.5, 0.6) is 5.75 Å². The summed E-state index contributed by atoms with van der Waals surface area (Å²) in [6.07, 6.45) is 0. The van der Waals surface area contributed by atoms with Crippen molar-refractivity contribution >= 4 is 27.3 Å². The van der Waals surface area contributed by atoms with Crippen molar-refractivity contribution in [1.82, 2.24) is 0 Å². The van der Waals surface area contributed by atoms with Gasteiger partial charge in [-0.15, -0.1) is 0 Å². The summed E-state index contributed by atoms with van der Waals surface area (Å²) in [5.41, 5.74) is 8.92. The number of benzene rings is 2. The molecule has 3 N–H and O–H groups in total. The number of phenols is 1. The summed E-state index contributed by atoms with van der Waals surface area (Å²) in [4.78, 5) is 2.13. The summed E-state index contributed by atoms with van der Waals surface area (Å²) < 4.78 is 1.01. The Morgan fingerprint density at radius 3 is 2.58 bits per heavy atom. The molecule has 3 nitrogen and oxygen atoms in total. The van der Waals surface area contributed by atoms with Crippen molar-refractivity contribution in [3.05, 3.63) is 52.5 Å². The molecule has 0 aliphatic rings. The molecule has 0 spiro atoms. The molecule has 100 valence electrons. The van der Waals surface area contributed by atoms with Crippen molar-refractivity contribution in [2.45, 2.75) is 13.5 Å². The van der Waals surface area contributed by atoms with E-state index in [0.717, 1.165) is 28.0 Å². The highest BCUT2D eigenvalue weighted by molar-refractivity contribution is 9.10. The third-order valence-electron chi connectivity index (χ3n) is 3.05. The summed E-state index contributed by atoms with van der Waals surface area (Å²) in [5.74, 6) is 0.264. The van der Waals surface area contributed by atoms with E-state index < -0.39 is 0 Å². The second-order valence-corrected chi connectivity index (χ2v) is 5.06. The number of rotatable bonds is 4. The quantitative estimate of drug-likeness (QED) is 0.901. The average molecular weight is 321 g/mol. The van der Waals surface area contributed by atoms with Crippen molar-refractivity contribution in [2.24, 2.45) is 5.73 Å². The van der Waals surface area contributed by atoms with Crippen LogP contribution in [0.3, 0.4) is 0 Å². The minimum atomic E-state index is 0.264. The van der Waals surface area contributed by atoms with E-state index >= 15 is 0 Å². The maximum Gasteiger partial charge on any atom is 0.117 e. The highest BCUT2D eigenvalue weighted by Crippen LogP contribution is 2.33. The van der Waals surface area contributed by atoms with Gasteiger partial charge in [-0.3, -0.25) is 0 Å². The predicted molar refractivity (Wildman–Crippen MR) is 82.8 cm³/mol. The molecule has 0 radical (unpaired) electrons. The molecule has 4 heteroatoms. The lowest BCUT2D eigenvalue weighted by Crippen LogP contribution is -2.18. The van der Waals surface area contributed by atoms with Crippen molar-refractivity contribution in [1.29, 1.82) is 0 Å². The Bertz CT molecular complexity index is 572. The molecular weight excluding hydrogens is 304 g/mol. The summed E-state index contributed by atoms with van der Waals surface area (Å²) in [6, 6.07) is 13.3. The van der Waals surface area contributed by atoms with E-state index in [9.17, 15) is 5.11 Å². The van der Waals surface area contributed by atoms with Crippen LogP contribution in [-0.2, 0) is 6.54 Å². The van der Waals surface area contributed by atoms with E-state index in [0.29, 0.717) is 6.54 Å². The Labute approximate surface area is 121 Å². The first-order chi connectivity index (χ1) is 9.17. The van der Waals surface area contributed by atoms with Crippen LogP contribution < -0.4 is 10.6 Å². The fourth-order valence-corrected chi connectivity index (χ4v) is 2.67. The van der Waals surface area contributed by atoms with E-state index in [4.69, 9.17) is 5.73 Å². The number of hydrogen-bond donors (Lipinski definition) is 2. The van der Waals surface area contributed by atoms with Crippen LogP contribution in [0.4, 0.5) is 11.4 Å². The summed E-state index contributed by atoms with van der Waals surface area (Å²) in [5, 5.41) is 9.62. The Balaban J connectivity index is 2.51. The molecule has 19 heavy (non-hydrogen) atoms. The third kappa shape index (κ3) is 2.91. The van der Waals surface area contributed by atoms with Crippen molar-refractivity contribution in [3.8, 4) is 5.75 Å². The zero-order valence-electron chi connectivity index (χ0n) is 10.8. The normalized spacial score (nSPS) is 10.5. The van der Waals surface area contributed by atoms with Crippen molar-refractivity contribution in [3.63, 3.8) is 0 Å². The molecule has 0 fully saturated rings.